The van der Waals surface area contributed by atoms with E-state index < -0.39 is 24.1 Å². The molecule has 0 aromatic heterocycles. The smallest absolute Gasteiger partial charge is 0.251 e. The van der Waals surface area contributed by atoms with Crippen LogP contribution in [0.25, 0.3) is 0 Å². The van der Waals surface area contributed by atoms with Gasteiger partial charge in [-0.3, -0.25) is 14.4 Å². The van der Waals surface area contributed by atoms with E-state index in [0.717, 1.165) is 38.5 Å². The van der Waals surface area contributed by atoms with Crippen molar-refractivity contribution in [3.05, 3.63) is 6.42 Å². The summed E-state index contributed by atoms with van der Waals surface area (Å²) >= 11 is 0. The molecule has 1 heterocycles. The summed E-state index contributed by atoms with van der Waals surface area (Å²) in [5.74, 6) is -0.254. The van der Waals surface area contributed by atoms with Gasteiger partial charge in [0.05, 0.1) is 12.5 Å². The number of hydrogen-bond acceptors (Lipinski definition) is 4. The van der Waals surface area contributed by atoms with E-state index in [4.69, 9.17) is 0 Å². The van der Waals surface area contributed by atoms with Crippen molar-refractivity contribution >= 4 is 17.7 Å². The average Bonchev–Trinajstić information content (AvgIpc) is 3.21. The van der Waals surface area contributed by atoms with Crippen molar-refractivity contribution in [1.82, 2.24) is 15.5 Å². The number of nitrogens with one attached hydrogen (secondary N) is 2. The third kappa shape index (κ3) is 5.54. The van der Waals surface area contributed by atoms with Crippen molar-refractivity contribution < 1.29 is 19.5 Å². The van der Waals surface area contributed by atoms with Gasteiger partial charge < -0.3 is 20.6 Å². The first-order chi connectivity index (χ1) is 14.1. The Kier molecular flexibility index (Phi) is 7.10. The summed E-state index contributed by atoms with van der Waals surface area (Å²) < 4.78 is 0. The summed E-state index contributed by atoms with van der Waals surface area (Å²) in [7, 11) is 0. The summed E-state index contributed by atoms with van der Waals surface area (Å²) in [4.78, 5) is 40.4. The predicted octanol–water partition coefficient (Wildman–Crippen LogP) is 1.79. The van der Waals surface area contributed by atoms with Crippen LogP contribution in [0.1, 0.15) is 72.6 Å². The largest absolute Gasteiger partial charge is 0.381 e. The molecule has 30 heavy (non-hydrogen) atoms. The van der Waals surface area contributed by atoms with E-state index in [9.17, 15) is 19.5 Å². The zero-order valence-corrected chi connectivity index (χ0v) is 18.8. The predicted molar refractivity (Wildman–Crippen MR) is 114 cm³/mol. The van der Waals surface area contributed by atoms with E-state index >= 15 is 0 Å². The highest BCUT2D eigenvalue weighted by molar-refractivity contribution is 5.93. The molecule has 3 N–H and O–H groups in total. The van der Waals surface area contributed by atoms with Crippen molar-refractivity contribution in [2.75, 3.05) is 6.54 Å². The molecule has 1 saturated heterocycles. The van der Waals surface area contributed by atoms with Gasteiger partial charge in [0.15, 0.2) is 6.10 Å². The monoisotopic (exact) mass is 420 g/mol. The average molecular weight is 421 g/mol. The minimum Gasteiger partial charge on any atom is -0.381 e. The molecule has 1 radical (unpaired) electrons. The van der Waals surface area contributed by atoms with E-state index in [1.54, 1.807) is 11.3 Å². The Balaban J connectivity index is 1.71. The van der Waals surface area contributed by atoms with Crippen molar-refractivity contribution in [2.45, 2.75) is 96.9 Å². The molecule has 3 fully saturated rings. The van der Waals surface area contributed by atoms with Crippen LogP contribution >= 0.6 is 0 Å². The lowest BCUT2D eigenvalue weighted by molar-refractivity contribution is -0.139. The Morgan fingerprint density at radius 1 is 1.17 bits per heavy atom. The minimum atomic E-state index is -1.28. The third-order valence-corrected chi connectivity index (χ3v) is 6.50. The first-order valence-corrected chi connectivity index (χ1v) is 11.6. The minimum absolute atomic E-state index is 0.101. The van der Waals surface area contributed by atoms with Gasteiger partial charge in [-0.25, -0.2) is 0 Å². The first kappa shape index (κ1) is 23.0. The van der Waals surface area contributed by atoms with Gasteiger partial charge in [-0.05, 0) is 49.4 Å². The molecule has 5 atom stereocenters. The standard InChI is InChI=1S/C23H38N3O4/c1-5-7-17(20(28)22(30)24-15-10-11-15)25-21(29)19-16-9-6-8-14(16)13-26(19)18(27)12-23(2,3)4/h12,14-17,19-20,28H,5-11,13H2,1-4H3,(H,24,30)(H,25,29)/t14-,16-,17-,19-,20?/m0/s1. The van der Waals surface area contributed by atoms with Gasteiger partial charge >= 0.3 is 0 Å². The van der Waals surface area contributed by atoms with E-state index in [0.29, 0.717) is 18.9 Å². The van der Waals surface area contributed by atoms with Gasteiger partial charge in [0.2, 0.25) is 11.8 Å². The fourth-order valence-electron chi connectivity index (χ4n) is 4.91. The lowest BCUT2D eigenvalue weighted by atomic mass is 9.90. The van der Waals surface area contributed by atoms with E-state index in [1.807, 2.05) is 27.7 Å². The Labute approximate surface area is 180 Å². The Bertz CT molecular complexity index is 655. The van der Waals surface area contributed by atoms with Crippen molar-refractivity contribution in [3.8, 4) is 0 Å². The number of aliphatic hydroxyl groups excluding tert-OH is 1. The highest BCUT2D eigenvalue weighted by Crippen LogP contribution is 2.43. The molecular weight excluding hydrogens is 382 g/mol. The number of nitrogens with zero attached hydrogens (tertiary/aromatic N) is 1. The lowest BCUT2D eigenvalue weighted by Gasteiger charge is -2.31. The first-order valence-electron chi connectivity index (χ1n) is 11.6. The number of carbonyl (C=O) groups excluding carboxylic acids is 3. The van der Waals surface area contributed by atoms with E-state index in [-0.39, 0.29) is 29.2 Å². The normalized spacial score (nSPS) is 28.0. The number of fused-ring (bicyclic) bond motifs is 1. The Hall–Kier alpha value is -1.63. The molecule has 2 aliphatic carbocycles. The molecule has 0 bridgehead atoms. The van der Waals surface area contributed by atoms with Gasteiger partial charge in [-0.1, -0.05) is 40.5 Å². The Morgan fingerprint density at radius 3 is 2.47 bits per heavy atom. The summed E-state index contributed by atoms with van der Waals surface area (Å²) in [5.41, 5.74) is -0.266. The second-order valence-electron chi connectivity index (χ2n) is 10.4. The zero-order chi connectivity index (χ0) is 22.1. The molecule has 3 rings (SSSR count). The molecule has 0 spiro atoms. The van der Waals surface area contributed by atoms with Crippen LogP contribution < -0.4 is 10.6 Å². The highest BCUT2D eigenvalue weighted by atomic mass is 16.3. The number of aliphatic hydroxyl groups is 1. The van der Waals surface area contributed by atoms with Crippen LogP contribution in [0.2, 0.25) is 0 Å². The highest BCUT2D eigenvalue weighted by Gasteiger charge is 2.50. The van der Waals surface area contributed by atoms with Crippen LogP contribution in [-0.4, -0.2) is 58.5 Å². The van der Waals surface area contributed by atoms with Gasteiger partial charge in [0.1, 0.15) is 6.04 Å². The van der Waals surface area contributed by atoms with Crippen LogP contribution in [0.15, 0.2) is 0 Å². The zero-order valence-electron chi connectivity index (χ0n) is 18.8. The number of likely N-dealkylation sites (tertiary alicyclic amines) is 1. The van der Waals surface area contributed by atoms with Gasteiger partial charge in [-0.15, -0.1) is 0 Å². The van der Waals surface area contributed by atoms with Crippen LogP contribution in [0.4, 0.5) is 0 Å². The Morgan fingerprint density at radius 2 is 1.87 bits per heavy atom. The summed E-state index contributed by atoms with van der Waals surface area (Å²) in [6.45, 7) is 8.49. The number of rotatable bonds is 8. The maximum atomic E-state index is 13.4. The summed E-state index contributed by atoms with van der Waals surface area (Å²) in [5, 5.41) is 16.3. The molecule has 0 aromatic rings. The van der Waals surface area contributed by atoms with Gasteiger partial charge in [-0.2, -0.15) is 0 Å². The summed E-state index contributed by atoms with van der Waals surface area (Å²) in [6, 6.07) is -1.02. The second-order valence-corrected chi connectivity index (χ2v) is 10.4. The van der Waals surface area contributed by atoms with Gasteiger partial charge in [0.25, 0.3) is 5.91 Å². The van der Waals surface area contributed by atoms with Crippen molar-refractivity contribution in [2.24, 2.45) is 17.3 Å². The lowest BCUT2D eigenvalue weighted by Crippen LogP contribution is -2.56. The van der Waals surface area contributed by atoms with Crippen molar-refractivity contribution in [1.29, 1.82) is 0 Å². The molecule has 7 heteroatoms. The molecule has 0 aromatic carbocycles. The molecule has 3 amide bonds. The third-order valence-electron chi connectivity index (χ3n) is 6.50. The summed E-state index contributed by atoms with van der Waals surface area (Å²) in [6.07, 6.45) is 6.59. The fourth-order valence-corrected chi connectivity index (χ4v) is 4.91. The van der Waals surface area contributed by atoms with Crippen LogP contribution in [0.5, 0.6) is 0 Å². The van der Waals surface area contributed by atoms with E-state index in [1.165, 1.54) is 0 Å². The molecule has 169 valence electrons. The molecular formula is C23H38N3O4. The topological polar surface area (TPSA) is 98.7 Å². The maximum absolute atomic E-state index is 13.4. The fraction of sp³-hybridized carbons (Fsp3) is 0.826. The van der Waals surface area contributed by atoms with Crippen LogP contribution in [0.3, 0.4) is 0 Å². The molecule has 1 unspecified atom stereocenters. The van der Waals surface area contributed by atoms with E-state index in [2.05, 4.69) is 10.6 Å². The van der Waals surface area contributed by atoms with Gasteiger partial charge in [0, 0.05) is 12.6 Å². The van der Waals surface area contributed by atoms with Crippen LogP contribution in [-0.2, 0) is 14.4 Å². The second kappa shape index (κ2) is 9.25. The molecule has 1 aliphatic heterocycles. The molecule has 2 saturated carbocycles. The maximum Gasteiger partial charge on any atom is 0.251 e. The quantitative estimate of drug-likeness (QED) is 0.557. The number of hydrogen-bond donors (Lipinski definition) is 3. The van der Waals surface area contributed by atoms with Crippen molar-refractivity contribution in [3.63, 3.8) is 0 Å². The SMILES string of the molecule is CCC[C@H](NC(=O)[C@@H]1[C@H]2CCC[C@H]2CN1C(=O)[CH]C(C)(C)C)C(O)C(=O)NC1CC1. The number of amides is 3. The molecule has 7 nitrogen and oxygen atoms in total. The number of carbonyl (C=O) groups is 3. The van der Waals surface area contributed by atoms with Crippen LogP contribution in [0, 0.1) is 23.7 Å². The molecule has 3 aliphatic rings.